The van der Waals surface area contributed by atoms with Crippen LogP contribution in [-0.2, 0) is 11.8 Å². The van der Waals surface area contributed by atoms with Gasteiger partial charge in [0.05, 0.1) is 11.7 Å². The Morgan fingerprint density at radius 1 is 1.05 bits per heavy atom. The molecule has 2 heteroatoms. The molecule has 0 amide bonds. The molecule has 1 nitrogen and oxygen atoms in total. The van der Waals surface area contributed by atoms with Gasteiger partial charge in [-0.3, -0.25) is 0 Å². The third-order valence-electron chi connectivity index (χ3n) is 4.02. The second-order valence-electron chi connectivity index (χ2n) is 6.55. The predicted molar refractivity (Wildman–Crippen MR) is 89.4 cm³/mol. The predicted octanol–water partition coefficient (Wildman–Crippen LogP) is 5.46. The molecule has 0 aromatic heterocycles. The molecule has 1 atom stereocenters. The van der Waals surface area contributed by atoms with Crippen molar-refractivity contribution in [1.82, 2.24) is 0 Å². The molecule has 2 aromatic carbocycles. The molecular formula is C18H20BrN. The van der Waals surface area contributed by atoms with Crippen LogP contribution in [0.5, 0.6) is 0 Å². The summed E-state index contributed by atoms with van der Waals surface area (Å²) >= 11 is 3.62. The first-order chi connectivity index (χ1) is 9.45. The Morgan fingerprint density at radius 2 is 1.75 bits per heavy atom. The van der Waals surface area contributed by atoms with Crippen molar-refractivity contribution in [2.45, 2.75) is 38.6 Å². The average Bonchev–Trinajstić information content (AvgIpc) is 2.83. The maximum absolute atomic E-state index is 3.63. The van der Waals surface area contributed by atoms with Crippen LogP contribution in [0, 0.1) is 0 Å². The van der Waals surface area contributed by atoms with Gasteiger partial charge in [0, 0.05) is 4.47 Å². The average molecular weight is 330 g/mol. The molecular weight excluding hydrogens is 310 g/mol. The third kappa shape index (κ3) is 2.49. The van der Waals surface area contributed by atoms with Crippen LogP contribution in [0.15, 0.2) is 46.9 Å². The van der Waals surface area contributed by atoms with Crippen LogP contribution in [0.25, 0.3) is 0 Å². The van der Waals surface area contributed by atoms with E-state index in [1.54, 1.807) is 0 Å². The van der Waals surface area contributed by atoms with Crippen LogP contribution in [0.2, 0.25) is 0 Å². The number of fused-ring (bicyclic) bond motifs is 1. The standard InChI is InChI=1S/C18H20BrN/c1-18(2,3)14-9-7-12(8-10-14)16-11-13-5-4-6-15(19)17(13)20-16/h4-10,16,20H,11H2,1-3H3. The Kier molecular flexibility index (Phi) is 3.37. The van der Waals surface area contributed by atoms with E-state index in [0.29, 0.717) is 6.04 Å². The van der Waals surface area contributed by atoms with Crippen LogP contribution in [0.1, 0.15) is 43.5 Å². The summed E-state index contributed by atoms with van der Waals surface area (Å²) in [6, 6.07) is 15.8. The number of para-hydroxylation sites is 1. The highest BCUT2D eigenvalue weighted by molar-refractivity contribution is 9.10. The minimum atomic E-state index is 0.216. The van der Waals surface area contributed by atoms with E-state index in [4.69, 9.17) is 0 Å². The molecule has 3 rings (SSSR count). The normalized spacial score (nSPS) is 17.7. The van der Waals surface area contributed by atoms with Crippen LogP contribution >= 0.6 is 15.9 Å². The summed E-state index contributed by atoms with van der Waals surface area (Å²) < 4.78 is 1.16. The molecule has 0 radical (unpaired) electrons. The third-order valence-corrected chi connectivity index (χ3v) is 4.68. The highest BCUT2D eigenvalue weighted by Gasteiger charge is 2.24. The molecule has 0 saturated heterocycles. The van der Waals surface area contributed by atoms with Gasteiger partial charge in [-0.1, -0.05) is 57.2 Å². The molecule has 0 fully saturated rings. The minimum Gasteiger partial charge on any atom is -0.377 e. The maximum Gasteiger partial charge on any atom is 0.0555 e. The highest BCUT2D eigenvalue weighted by Crippen LogP contribution is 2.39. The largest absolute Gasteiger partial charge is 0.377 e. The monoisotopic (exact) mass is 329 g/mol. The quantitative estimate of drug-likeness (QED) is 0.732. The van der Waals surface area contributed by atoms with Crippen molar-refractivity contribution in [1.29, 1.82) is 0 Å². The molecule has 1 unspecified atom stereocenters. The lowest BCUT2D eigenvalue weighted by molar-refractivity contribution is 0.589. The van der Waals surface area contributed by atoms with E-state index < -0.39 is 0 Å². The SMILES string of the molecule is CC(C)(C)c1ccc(C2Cc3cccc(Br)c3N2)cc1. The fourth-order valence-corrected chi connectivity index (χ4v) is 3.28. The zero-order valence-electron chi connectivity index (χ0n) is 12.2. The summed E-state index contributed by atoms with van der Waals surface area (Å²) in [5, 5.41) is 3.63. The van der Waals surface area contributed by atoms with E-state index in [1.165, 1.54) is 22.4 Å². The van der Waals surface area contributed by atoms with Crippen LogP contribution in [0.4, 0.5) is 5.69 Å². The second-order valence-corrected chi connectivity index (χ2v) is 7.40. The Hall–Kier alpha value is -1.28. The Labute approximate surface area is 129 Å². The van der Waals surface area contributed by atoms with E-state index in [1.807, 2.05) is 0 Å². The molecule has 1 aliphatic heterocycles. The number of anilines is 1. The van der Waals surface area contributed by atoms with Gasteiger partial charge in [-0.05, 0) is 50.5 Å². The van der Waals surface area contributed by atoms with Gasteiger partial charge in [-0.2, -0.15) is 0 Å². The first kappa shape index (κ1) is 13.7. The zero-order chi connectivity index (χ0) is 14.3. The minimum absolute atomic E-state index is 0.216. The van der Waals surface area contributed by atoms with Crippen LogP contribution in [-0.4, -0.2) is 0 Å². The summed E-state index contributed by atoms with van der Waals surface area (Å²) in [7, 11) is 0. The maximum atomic E-state index is 3.63. The molecule has 20 heavy (non-hydrogen) atoms. The van der Waals surface area contributed by atoms with E-state index >= 15 is 0 Å². The molecule has 1 aliphatic rings. The Balaban J connectivity index is 1.85. The number of rotatable bonds is 1. The van der Waals surface area contributed by atoms with Crippen molar-refractivity contribution in [3.63, 3.8) is 0 Å². The van der Waals surface area contributed by atoms with Crippen LogP contribution < -0.4 is 5.32 Å². The lowest BCUT2D eigenvalue weighted by Crippen LogP contribution is -2.12. The molecule has 0 aliphatic carbocycles. The lowest BCUT2D eigenvalue weighted by Gasteiger charge is -2.20. The van der Waals surface area contributed by atoms with Crippen molar-refractivity contribution in [3.05, 3.63) is 63.6 Å². The van der Waals surface area contributed by atoms with Crippen LogP contribution in [0.3, 0.4) is 0 Å². The van der Waals surface area contributed by atoms with E-state index in [0.717, 1.165) is 10.9 Å². The first-order valence-corrected chi connectivity index (χ1v) is 7.89. The number of benzene rings is 2. The number of halogens is 1. The van der Waals surface area contributed by atoms with Crippen molar-refractivity contribution in [2.24, 2.45) is 0 Å². The molecule has 0 bridgehead atoms. The van der Waals surface area contributed by atoms with E-state index in [9.17, 15) is 0 Å². The summed E-state index contributed by atoms with van der Waals surface area (Å²) in [5.41, 5.74) is 5.61. The fraction of sp³-hybridized carbons (Fsp3) is 0.333. The van der Waals surface area contributed by atoms with Crippen molar-refractivity contribution >= 4 is 21.6 Å². The smallest absolute Gasteiger partial charge is 0.0555 e. The summed E-state index contributed by atoms with van der Waals surface area (Å²) in [6.07, 6.45) is 1.06. The van der Waals surface area contributed by atoms with Gasteiger partial charge in [0.1, 0.15) is 0 Å². The Bertz CT molecular complexity index is 623. The first-order valence-electron chi connectivity index (χ1n) is 7.09. The molecule has 2 aromatic rings. The van der Waals surface area contributed by atoms with Gasteiger partial charge in [0.2, 0.25) is 0 Å². The summed E-state index contributed by atoms with van der Waals surface area (Å²) in [6.45, 7) is 6.76. The van der Waals surface area contributed by atoms with Gasteiger partial charge in [-0.25, -0.2) is 0 Å². The zero-order valence-corrected chi connectivity index (χ0v) is 13.8. The van der Waals surface area contributed by atoms with Crippen molar-refractivity contribution in [2.75, 3.05) is 5.32 Å². The van der Waals surface area contributed by atoms with Gasteiger partial charge in [0.15, 0.2) is 0 Å². The van der Waals surface area contributed by atoms with E-state index in [2.05, 4.69) is 84.5 Å². The molecule has 104 valence electrons. The molecule has 0 saturated carbocycles. The topological polar surface area (TPSA) is 12.0 Å². The Morgan fingerprint density at radius 3 is 2.35 bits per heavy atom. The lowest BCUT2D eigenvalue weighted by atomic mass is 9.86. The number of nitrogens with one attached hydrogen (secondary N) is 1. The van der Waals surface area contributed by atoms with Gasteiger partial charge in [0.25, 0.3) is 0 Å². The fourth-order valence-electron chi connectivity index (χ4n) is 2.76. The highest BCUT2D eigenvalue weighted by atomic mass is 79.9. The van der Waals surface area contributed by atoms with Crippen molar-refractivity contribution < 1.29 is 0 Å². The summed E-state index contributed by atoms with van der Waals surface area (Å²) in [5.74, 6) is 0. The van der Waals surface area contributed by atoms with Gasteiger partial charge in [-0.15, -0.1) is 0 Å². The molecule has 1 N–H and O–H groups in total. The molecule has 0 spiro atoms. The van der Waals surface area contributed by atoms with Gasteiger partial charge >= 0.3 is 0 Å². The number of hydrogen-bond acceptors (Lipinski definition) is 1. The van der Waals surface area contributed by atoms with E-state index in [-0.39, 0.29) is 5.41 Å². The number of hydrogen-bond donors (Lipinski definition) is 1. The van der Waals surface area contributed by atoms with Gasteiger partial charge < -0.3 is 5.32 Å². The second kappa shape index (κ2) is 4.92. The van der Waals surface area contributed by atoms with Crippen molar-refractivity contribution in [3.8, 4) is 0 Å². The summed E-state index contributed by atoms with van der Waals surface area (Å²) in [4.78, 5) is 0. The molecule has 1 heterocycles.